The number of aryl methyl sites for hydroxylation is 1. The SMILES string of the molecule is Cn1nnc(C=O)c1/C=C/c1ccc(F)cc1. The van der Waals surface area contributed by atoms with Crippen molar-refractivity contribution >= 4 is 18.4 Å². The van der Waals surface area contributed by atoms with Gasteiger partial charge in [0.1, 0.15) is 5.82 Å². The van der Waals surface area contributed by atoms with Crippen molar-refractivity contribution in [3.8, 4) is 0 Å². The van der Waals surface area contributed by atoms with E-state index in [1.165, 1.54) is 16.8 Å². The number of nitrogens with zero attached hydrogens (tertiary/aromatic N) is 3. The molecule has 0 amide bonds. The molecular formula is C12H10FN3O. The van der Waals surface area contributed by atoms with Crippen molar-refractivity contribution in [2.24, 2.45) is 7.05 Å². The maximum Gasteiger partial charge on any atom is 0.172 e. The summed E-state index contributed by atoms with van der Waals surface area (Å²) in [6, 6.07) is 6.05. The Morgan fingerprint density at radius 2 is 1.94 bits per heavy atom. The lowest BCUT2D eigenvalue weighted by Gasteiger charge is -1.95. The smallest absolute Gasteiger partial charge is 0.172 e. The molecule has 0 aliphatic carbocycles. The average Bonchev–Trinajstić information content (AvgIpc) is 2.69. The normalized spacial score (nSPS) is 10.9. The number of hydrogen-bond acceptors (Lipinski definition) is 3. The van der Waals surface area contributed by atoms with E-state index in [-0.39, 0.29) is 11.5 Å². The molecule has 1 heterocycles. The van der Waals surface area contributed by atoms with Gasteiger partial charge in [-0.2, -0.15) is 0 Å². The van der Waals surface area contributed by atoms with Crippen molar-refractivity contribution in [1.82, 2.24) is 15.0 Å². The topological polar surface area (TPSA) is 47.8 Å². The summed E-state index contributed by atoms with van der Waals surface area (Å²) in [5.74, 6) is -0.280. The fourth-order valence-electron chi connectivity index (χ4n) is 1.41. The number of halogens is 1. The van der Waals surface area contributed by atoms with Crippen molar-refractivity contribution < 1.29 is 9.18 Å². The molecule has 86 valence electrons. The van der Waals surface area contributed by atoms with Crippen LogP contribution in [0.4, 0.5) is 4.39 Å². The molecule has 2 rings (SSSR count). The van der Waals surface area contributed by atoms with Gasteiger partial charge in [-0.15, -0.1) is 5.10 Å². The summed E-state index contributed by atoms with van der Waals surface area (Å²) in [5.41, 5.74) is 1.74. The number of benzene rings is 1. The molecule has 0 aliphatic rings. The van der Waals surface area contributed by atoms with Crippen LogP contribution in [0.5, 0.6) is 0 Å². The lowest BCUT2D eigenvalue weighted by molar-refractivity contribution is 0.111. The first-order valence-electron chi connectivity index (χ1n) is 4.99. The standard InChI is InChI=1S/C12H10FN3O/c1-16-12(11(8-17)14-15-16)7-4-9-2-5-10(13)6-3-9/h2-8H,1H3/b7-4+. The van der Waals surface area contributed by atoms with Gasteiger partial charge >= 0.3 is 0 Å². The van der Waals surface area contributed by atoms with E-state index in [9.17, 15) is 9.18 Å². The van der Waals surface area contributed by atoms with Gasteiger partial charge in [-0.25, -0.2) is 9.07 Å². The third-order valence-corrected chi connectivity index (χ3v) is 2.31. The van der Waals surface area contributed by atoms with E-state index in [4.69, 9.17) is 0 Å². The second-order valence-corrected chi connectivity index (χ2v) is 3.49. The third kappa shape index (κ3) is 2.44. The number of carbonyl (C=O) groups excluding carboxylic acids is 1. The highest BCUT2D eigenvalue weighted by Crippen LogP contribution is 2.10. The van der Waals surface area contributed by atoms with Crippen LogP contribution < -0.4 is 0 Å². The highest BCUT2D eigenvalue weighted by molar-refractivity contribution is 5.81. The summed E-state index contributed by atoms with van der Waals surface area (Å²) >= 11 is 0. The van der Waals surface area contributed by atoms with Gasteiger partial charge in [0.25, 0.3) is 0 Å². The van der Waals surface area contributed by atoms with Crippen LogP contribution in [0.2, 0.25) is 0 Å². The van der Waals surface area contributed by atoms with Crippen molar-refractivity contribution in [1.29, 1.82) is 0 Å². The van der Waals surface area contributed by atoms with Crippen LogP contribution >= 0.6 is 0 Å². The molecule has 2 aromatic rings. The highest BCUT2D eigenvalue weighted by Gasteiger charge is 2.05. The number of carbonyl (C=O) groups is 1. The zero-order valence-electron chi connectivity index (χ0n) is 9.17. The van der Waals surface area contributed by atoms with E-state index >= 15 is 0 Å². The quantitative estimate of drug-likeness (QED) is 0.758. The third-order valence-electron chi connectivity index (χ3n) is 2.31. The molecular weight excluding hydrogens is 221 g/mol. The van der Waals surface area contributed by atoms with Crippen LogP contribution in [-0.4, -0.2) is 21.3 Å². The summed E-state index contributed by atoms with van der Waals surface area (Å²) in [5, 5.41) is 7.43. The maximum atomic E-state index is 12.7. The molecule has 0 spiro atoms. The summed E-state index contributed by atoms with van der Waals surface area (Å²) in [6.07, 6.45) is 4.14. The first-order valence-corrected chi connectivity index (χ1v) is 4.99. The number of hydrogen-bond donors (Lipinski definition) is 0. The van der Waals surface area contributed by atoms with Crippen molar-refractivity contribution in [3.05, 3.63) is 47.0 Å². The summed E-state index contributed by atoms with van der Waals surface area (Å²) < 4.78 is 14.2. The van der Waals surface area contributed by atoms with Gasteiger partial charge in [0.15, 0.2) is 12.0 Å². The molecule has 17 heavy (non-hydrogen) atoms. The van der Waals surface area contributed by atoms with Crippen LogP contribution in [-0.2, 0) is 7.05 Å². The zero-order valence-corrected chi connectivity index (χ0v) is 9.17. The molecule has 0 unspecified atom stereocenters. The molecule has 0 N–H and O–H groups in total. The second-order valence-electron chi connectivity index (χ2n) is 3.49. The minimum atomic E-state index is -0.280. The van der Waals surface area contributed by atoms with Crippen LogP contribution in [0.3, 0.4) is 0 Å². The predicted octanol–water partition coefficient (Wildman–Crippen LogP) is 1.94. The largest absolute Gasteiger partial charge is 0.296 e. The number of aldehydes is 1. The Kier molecular flexibility index (Phi) is 3.09. The molecule has 0 saturated carbocycles. The van der Waals surface area contributed by atoms with Gasteiger partial charge in [0.2, 0.25) is 0 Å². The van der Waals surface area contributed by atoms with Crippen LogP contribution in [0, 0.1) is 5.82 Å². The second kappa shape index (κ2) is 4.69. The molecule has 0 bridgehead atoms. The van der Waals surface area contributed by atoms with Crippen molar-refractivity contribution in [3.63, 3.8) is 0 Å². The molecule has 1 aromatic carbocycles. The lowest BCUT2D eigenvalue weighted by atomic mass is 10.2. The maximum absolute atomic E-state index is 12.7. The summed E-state index contributed by atoms with van der Waals surface area (Å²) in [7, 11) is 1.70. The Morgan fingerprint density at radius 3 is 2.59 bits per heavy atom. The van der Waals surface area contributed by atoms with E-state index in [0.717, 1.165) is 5.56 Å². The monoisotopic (exact) mass is 231 g/mol. The Labute approximate surface area is 97.4 Å². The fraction of sp³-hybridized carbons (Fsp3) is 0.0833. The molecule has 5 heteroatoms. The van der Waals surface area contributed by atoms with Gasteiger partial charge in [0, 0.05) is 7.05 Å². The molecule has 0 aliphatic heterocycles. The molecule has 0 atom stereocenters. The Balaban J connectivity index is 2.28. The summed E-state index contributed by atoms with van der Waals surface area (Å²) in [6.45, 7) is 0. The average molecular weight is 231 g/mol. The zero-order chi connectivity index (χ0) is 12.3. The van der Waals surface area contributed by atoms with Crippen LogP contribution in [0.1, 0.15) is 21.7 Å². The number of aromatic nitrogens is 3. The predicted molar refractivity (Wildman–Crippen MR) is 61.7 cm³/mol. The van der Waals surface area contributed by atoms with E-state index in [2.05, 4.69) is 10.3 Å². The Hall–Kier alpha value is -2.30. The van der Waals surface area contributed by atoms with Gasteiger partial charge in [-0.1, -0.05) is 23.4 Å². The number of rotatable bonds is 3. The Bertz CT molecular complexity index is 558. The lowest BCUT2D eigenvalue weighted by Crippen LogP contribution is -1.94. The minimum Gasteiger partial charge on any atom is -0.296 e. The van der Waals surface area contributed by atoms with Crippen molar-refractivity contribution in [2.45, 2.75) is 0 Å². The van der Waals surface area contributed by atoms with Gasteiger partial charge in [-0.05, 0) is 23.8 Å². The van der Waals surface area contributed by atoms with E-state index in [1.807, 2.05) is 0 Å². The summed E-state index contributed by atoms with van der Waals surface area (Å²) in [4.78, 5) is 10.7. The highest BCUT2D eigenvalue weighted by atomic mass is 19.1. The van der Waals surface area contributed by atoms with Gasteiger partial charge < -0.3 is 0 Å². The Morgan fingerprint density at radius 1 is 1.24 bits per heavy atom. The van der Waals surface area contributed by atoms with Crippen molar-refractivity contribution in [2.75, 3.05) is 0 Å². The molecule has 0 saturated heterocycles. The van der Waals surface area contributed by atoms with E-state index in [0.29, 0.717) is 12.0 Å². The molecule has 0 radical (unpaired) electrons. The molecule has 1 aromatic heterocycles. The first kappa shape index (κ1) is 11.2. The van der Waals surface area contributed by atoms with Crippen LogP contribution in [0.25, 0.3) is 12.2 Å². The van der Waals surface area contributed by atoms with Gasteiger partial charge in [-0.3, -0.25) is 4.79 Å². The molecule has 4 nitrogen and oxygen atoms in total. The fourth-order valence-corrected chi connectivity index (χ4v) is 1.41. The molecule has 0 fully saturated rings. The minimum absolute atomic E-state index is 0.280. The van der Waals surface area contributed by atoms with Crippen LogP contribution in [0.15, 0.2) is 24.3 Å². The van der Waals surface area contributed by atoms with E-state index in [1.54, 1.807) is 31.3 Å². The first-order chi connectivity index (χ1) is 8.20. The van der Waals surface area contributed by atoms with E-state index < -0.39 is 0 Å². The van der Waals surface area contributed by atoms with Gasteiger partial charge in [0.05, 0.1) is 5.69 Å².